The molecule has 0 aliphatic carbocycles. The minimum Gasteiger partial charge on any atom is -0.481 e. The van der Waals surface area contributed by atoms with Gasteiger partial charge in [0, 0.05) is 30.1 Å². The first-order valence-corrected chi connectivity index (χ1v) is 16.5. The molecule has 21 heteroatoms. The van der Waals surface area contributed by atoms with Crippen LogP contribution in [0.15, 0.2) is 35.5 Å². The van der Waals surface area contributed by atoms with Gasteiger partial charge in [-0.1, -0.05) is 32.0 Å². The van der Waals surface area contributed by atoms with Gasteiger partial charge in [-0.05, 0) is 30.4 Å². The third-order valence-corrected chi connectivity index (χ3v) is 7.75. The third-order valence-electron chi connectivity index (χ3n) is 7.75. The lowest BCUT2D eigenvalue weighted by Gasteiger charge is -2.27. The normalized spacial score (nSPS) is 13.7. The Hall–Kier alpha value is -6.25. The van der Waals surface area contributed by atoms with Crippen molar-refractivity contribution in [3.05, 3.63) is 36.0 Å². The highest BCUT2D eigenvalue weighted by Crippen LogP contribution is 2.19. The number of nitrogens with zero attached hydrogens (tertiary/aromatic N) is 1. The van der Waals surface area contributed by atoms with E-state index in [-0.39, 0.29) is 31.8 Å². The first kappa shape index (κ1) is 42.9. The van der Waals surface area contributed by atoms with Crippen LogP contribution in [0.3, 0.4) is 0 Å². The first-order chi connectivity index (χ1) is 24.9. The Balaban J connectivity index is 2.36. The second kappa shape index (κ2) is 20.6. The summed E-state index contributed by atoms with van der Waals surface area (Å²) < 4.78 is 0. The second-order valence-corrected chi connectivity index (χ2v) is 12.4. The van der Waals surface area contributed by atoms with Gasteiger partial charge in [0.05, 0.1) is 25.4 Å². The monoisotopic (exact) mass is 745 g/mol. The van der Waals surface area contributed by atoms with Gasteiger partial charge in [-0.25, -0.2) is 4.79 Å². The van der Waals surface area contributed by atoms with E-state index in [1.54, 1.807) is 44.3 Å². The van der Waals surface area contributed by atoms with Crippen molar-refractivity contribution in [1.29, 1.82) is 0 Å². The molecule has 0 spiro atoms. The summed E-state index contributed by atoms with van der Waals surface area (Å²) in [6, 6.07) is 0.0223. The van der Waals surface area contributed by atoms with Gasteiger partial charge in [-0.15, -0.1) is 0 Å². The van der Waals surface area contributed by atoms with Crippen LogP contribution < -0.4 is 49.5 Å². The zero-order valence-corrected chi connectivity index (χ0v) is 29.2. The van der Waals surface area contributed by atoms with Crippen LogP contribution in [-0.4, -0.2) is 112 Å². The average Bonchev–Trinajstić information content (AvgIpc) is 3.48. The van der Waals surface area contributed by atoms with Gasteiger partial charge < -0.3 is 64.7 Å². The lowest BCUT2D eigenvalue weighted by atomic mass is 10.0. The number of amides is 6. The molecular weight excluding hydrogens is 698 g/mol. The second-order valence-electron chi connectivity index (χ2n) is 12.4. The number of aromatic amines is 1. The number of carboxylic acid groups (broad SMARTS) is 2. The predicted molar refractivity (Wildman–Crippen MR) is 189 cm³/mol. The van der Waals surface area contributed by atoms with Gasteiger partial charge in [-0.3, -0.25) is 38.6 Å². The van der Waals surface area contributed by atoms with Gasteiger partial charge >= 0.3 is 11.9 Å². The first-order valence-electron chi connectivity index (χ1n) is 16.5. The van der Waals surface area contributed by atoms with Crippen molar-refractivity contribution in [2.75, 3.05) is 13.1 Å². The summed E-state index contributed by atoms with van der Waals surface area (Å²) in [5.74, 6) is -9.08. The zero-order valence-electron chi connectivity index (χ0n) is 29.2. The molecule has 53 heavy (non-hydrogen) atoms. The molecule has 21 nitrogen and oxygen atoms in total. The molecule has 290 valence electrons. The number of benzene rings is 1. The fourth-order valence-corrected chi connectivity index (χ4v) is 5.05. The molecule has 0 saturated carbocycles. The fourth-order valence-electron chi connectivity index (χ4n) is 5.05. The van der Waals surface area contributed by atoms with Crippen molar-refractivity contribution in [2.45, 2.75) is 76.2 Å². The summed E-state index contributed by atoms with van der Waals surface area (Å²) in [6.45, 7) is 2.53. The van der Waals surface area contributed by atoms with Crippen LogP contribution in [0, 0.1) is 5.92 Å². The summed E-state index contributed by atoms with van der Waals surface area (Å²) in [6.07, 6.45) is 0.257. The molecule has 2 aromatic rings. The van der Waals surface area contributed by atoms with E-state index in [4.69, 9.17) is 28.0 Å². The molecule has 0 radical (unpaired) electrons. The van der Waals surface area contributed by atoms with E-state index < -0.39 is 103 Å². The van der Waals surface area contributed by atoms with Crippen molar-refractivity contribution in [3.8, 4) is 0 Å². The Morgan fingerprint density at radius 2 is 1.45 bits per heavy atom. The Bertz CT molecular complexity index is 1690. The van der Waals surface area contributed by atoms with E-state index in [0.717, 1.165) is 10.9 Å². The van der Waals surface area contributed by atoms with E-state index in [9.17, 15) is 43.5 Å². The summed E-state index contributed by atoms with van der Waals surface area (Å²) >= 11 is 0. The largest absolute Gasteiger partial charge is 0.481 e. The molecule has 0 saturated heterocycles. The number of primary amides is 1. The molecule has 16 N–H and O–H groups in total. The van der Waals surface area contributed by atoms with Crippen LogP contribution in [0.25, 0.3) is 10.9 Å². The van der Waals surface area contributed by atoms with E-state index in [1.807, 2.05) is 0 Å². The number of carboxylic acids is 2. The van der Waals surface area contributed by atoms with Crippen molar-refractivity contribution in [2.24, 2.45) is 33.8 Å². The van der Waals surface area contributed by atoms with E-state index in [0.29, 0.717) is 5.56 Å². The van der Waals surface area contributed by atoms with Crippen molar-refractivity contribution < 1.29 is 48.6 Å². The lowest BCUT2D eigenvalue weighted by Crippen LogP contribution is -2.59. The SMILES string of the molecule is CC(C)[C@H](NC(=O)[C@H](CCCN=C(N)N)NC(=O)[C@H](Cc1c[nH]c2ccccc12)NC(=O)CNC(=O)[C@@H](N)CC(N)=O)C(=O)N[C@@H](CC(=O)O)C(=O)O. The maximum atomic E-state index is 13.9. The minimum absolute atomic E-state index is 0.0542. The van der Waals surface area contributed by atoms with E-state index >= 15 is 0 Å². The summed E-state index contributed by atoms with van der Waals surface area (Å²) in [7, 11) is 0. The maximum Gasteiger partial charge on any atom is 0.326 e. The van der Waals surface area contributed by atoms with Gasteiger partial charge in [0.1, 0.15) is 24.2 Å². The summed E-state index contributed by atoms with van der Waals surface area (Å²) in [5.41, 5.74) is 22.9. The number of nitrogens with one attached hydrogen (secondary N) is 6. The number of hydrogen-bond acceptors (Lipinski definition) is 10. The Kier molecular flexibility index (Phi) is 16.7. The molecule has 1 heterocycles. The maximum absolute atomic E-state index is 13.9. The highest BCUT2D eigenvalue weighted by molar-refractivity contribution is 5.97. The highest BCUT2D eigenvalue weighted by Gasteiger charge is 2.33. The fraction of sp³-hybridized carbons (Fsp3) is 0.469. The zero-order chi connectivity index (χ0) is 39.8. The summed E-state index contributed by atoms with van der Waals surface area (Å²) in [5, 5.41) is 31.2. The number of H-pyrrole nitrogens is 1. The van der Waals surface area contributed by atoms with Crippen molar-refractivity contribution in [1.82, 2.24) is 31.6 Å². The minimum atomic E-state index is -1.79. The van der Waals surface area contributed by atoms with Crippen molar-refractivity contribution in [3.63, 3.8) is 0 Å². The number of aromatic nitrogens is 1. The Morgan fingerprint density at radius 3 is 2.06 bits per heavy atom. The van der Waals surface area contributed by atoms with Crippen LogP contribution in [0.5, 0.6) is 0 Å². The number of hydrogen-bond donors (Lipinski definition) is 12. The molecule has 0 unspecified atom stereocenters. The highest BCUT2D eigenvalue weighted by atomic mass is 16.4. The number of fused-ring (bicyclic) bond motifs is 1. The number of aliphatic imine (C=N–C) groups is 1. The topological polar surface area (TPSA) is 369 Å². The smallest absolute Gasteiger partial charge is 0.326 e. The van der Waals surface area contributed by atoms with Gasteiger partial charge in [0.25, 0.3) is 0 Å². The number of rotatable bonds is 22. The molecule has 5 atom stereocenters. The molecule has 6 amide bonds. The number of para-hydroxylation sites is 1. The molecule has 0 aliphatic heterocycles. The van der Waals surface area contributed by atoms with Gasteiger partial charge in [0.15, 0.2) is 5.96 Å². The van der Waals surface area contributed by atoms with Gasteiger partial charge in [-0.2, -0.15) is 0 Å². The third kappa shape index (κ3) is 14.5. The Morgan fingerprint density at radius 1 is 0.811 bits per heavy atom. The van der Waals surface area contributed by atoms with Crippen LogP contribution in [0.1, 0.15) is 45.1 Å². The standard InChI is InChI=1S/C32H47N11O10/c1-15(2)26(30(51)42-22(31(52)53)12-25(46)47)43-28(49)20(8-5-9-37-32(35)36)41-29(50)21(10-16-13-38-19-7-4-3-6-17(16)19)40-24(45)14-39-27(48)18(33)11-23(34)44/h3-4,6-7,13,15,18,20-22,26,38H,5,8-12,14,33H2,1-2H3,(H2,34,44)(H,39,48)(H,40,45)(H,41,50)(H,42,51)(H,43,49)(H,46,47)(H,52,53)(H4,35,36,37)/t18-,20-,21-,22-,26-/m0/s1. The van der Waals surface area contributed by atoms with Crippen molar-refractivity contribution >= 4 is 64.2 Å². The predicted octanol–water partition coefficient (Wildman–Crippen LogP) is -3.76. The molecule has 0 bridgehead atoms. The van der Waals surface area contributed by atoms with E-state index in [2.05, 4.69) is 36.6 Å². The number of guanidine groups is 1. The number of nitrogens with two attached hydrogens (primary N) is 4. The van der Waals surface area contributed by atoms with Gasteiger partial charge in [0.2, 0.25) is 35.4 Å². The van der Waals surface area contributed by atoms with Crippen LogP contribution in [-0.2, 0) is 44.8 Å². The lowest BCUT2D eigenvalue weighted by molar-refractivity contribution is -0.147. The molecular formula is C32H47N11O10. The number of carbonyl (C=O) groups excluding carboxylic acids is 6. The van der Waals surface area contributed by atoms with Crippen LogP contribution in [0.2, 0.25) is 0 Å². The molecule has 0 aliphatic rings. The Labute approximate surface area is 303 Å². The molecule has 0 fully saturated rings. The van der Waals surface area contributed by atoms with E-state index in [1.165, 1.54) is 0 Å². The molecule has 2 rings (SSSR count). The average molecular weight is 746 g/mol. The van der Waals surface area contributed by atoms with Crippen LogP contribution in [0.4, 0.5) is 0 Å². The van der Waals surface area contributed by atoms with Crippen LogP contribution >= 0.6 is 0 Å². The molecule has 1 aromatic carbocycles. The number of aliphatic carboxylic acids is 2. The quantitative estimate of drug-likeness (QED) is 0.0313. The molecule has 1 aromatic heterocycles. The number of carbonyl (C=O) groups is 8. The summed E-state index contributed by atoms with van der Waals surface area (Å²) in [4.78, 5) is 107.